The molecule has 0 radical (unpaired) electrons. The summed E-state index contributed by atoms with van der Waals surface area (Å²) < 4.78 is 56.1. The average molecular weight is 535 g/mol. The van der Waals surface area contributed by atoms with Crippen LogP contribution in [0.25, 0.3) is 0 Å². The molecule has 0 bridgehead atoms. The lowest BCUT2D eigenvalue weighted by Crippen LogP contribution is -2.41. The maximum absolute atomic E-state index is 14.1. The first-order valence-corrected chi connectivity index (χ1v) is 13.0. The molecule has 7 nitrogen and oxygen atoms in total. The first-order valence-electron chi connectivity index (χ1n) is 10.8. The van der Waals surface area contributed by atoms with Gasteiger partial charge in [0.1, 0.15) is 15.7 Å². The number of anilines is 1. The maximum Gasteiger partial charge on any atom is 0.357 e. The van der Waals surface area contributed by atoms with Gasteiger partial charge in [-0.15, -0.1) is 0 Å². The molecule has 34 heavy (non-hydrogen) atoms. The standard InChI is InChI=1S/C22H27Cl2F2N5O2S/c1-15-20(16(2)29(3)28-15)31(22(25)26)34(32,33)21-18(23)12-17(13-19(21)24)8-6-4-5-7-10-30-11-9-27-14-30/h9,11-14,22H,4-8,10H2,1-3H3/p+1. The van der Waals surface area contributed by atoms with Gasteiger partial charge in [0.15, 0.2) is 0 Å². The fraction of sp³-hybridized carbons (Fsp3) is 0.455. The molecule has 12 heteroatoms. The van der Waals surface area contributed by atoms with Crippen LogP contribution in [0, 0.1) is 13.8 Å². The van der Waals surface area contributed by atoms with Gasteiger partial charge in [0, 0.05) is 26.0 Å². The van der Waals surface area contributed by atoms with Crippen LogP contribution in [0.2, 0.25) is 10.0 Å². The number of alkyl halides is 2. The van der Waals surface area contributed by atoms with Gasteiger partial charge < -0.3 is 4.57 Å². The monoisotopic (exact) mass is 534 g/mol. The Morgan fingerprint density at radius 1 is 1.15 bits per heavy atom. The van der Waals surface area contributed by atoms with Gasteiger partial charge in [-0.05, 0) is 55.0 Å². The Morgan fingerprint density at radius 3 is 2.32 bits per heavy atom. The van der Waals surface area contributed by atoms with E-state index in [4.69, 9.17) is 23.2 Å². The molecule has 1 atom stereocenters. The van der Waals surface area contributed by atoms with Crippen molar-refractivity contribution < 1.29 is 17.5 Å². The van der Waals surface area contributed by atoms with Gasteiger partial charge in [-0.2, -0.15) is 18.4 Å². The number of hydrogen-bond donors (Lipinski definition) is 1. The zero-order valence-corrected chi connectivity index (χ0v) is 21.5. The van der Waals surface area contributed by atoms with E-state index in [0.717, 1.165) is 37.8 Å². The molecular weight excluding hydrogens is 507 g/mol. The Bertz CT molecular complexity index is 1150. The van der Waals surface area contributed by atoms with Crippen LogP contribution in [0.4, 0.5) is 14.5 Å². The zero-order valence-electron chi connectivity index (χ0n) is 19.2. The first-order chi connectivity index (χ1) is 16.0. The third-order valence-corrected chi connectivity index (χ3v) is 8.32. The van der Waals surface area contributed by atoms with Crippen LogP contribution >= 0.6 is 23.2 Å². The number of aromatic nitrogens is 4. The topological polar surface area (TPSA) is 76.2 Å². The predicted octanol–water partition coefficient (Wildman–Crippen LogP) is 6.32. The van der Waals surface area contributed by atoms with Crippen LogP contribution < -0.4 is 4.31 Å². The van der Waals surface area contributed by atoms with E-state index in [1.807, 2.05) is 10.8 Å². The largest absolute Gasteiger partial charge is 0.357 e. The van der Waals surface area contributed by atoms with Gasteiger partial charge in [0.25, 0.3) is 4.90 Å². The average Bonchev–Trinajstić information content (AvgIpc) is 3.33. The van der Waals surface area contributed by atoms with E-state index in [1.54, 1.807) is 26.5 Å². The smallest absolute Gasteiger partial charge is 0.337 e. The highest BCUT2D eigenvalue weighted by Gasteiger charge is 2.49. The second-order valence-corrected chi connectivity index (χ2v) is 10.7. The summed E-state index contributed by atoms with van der Waals surface area (Å²) in [6.07, 6.45) is 10.1. The molecule has 3 aromatic rings. The molecule has 0 spiro atoms. The number of hydrogen-bond acceptors (Lipinski definition) is 3. The number of nitrogens with zero attached hydrogens (tertiary/aromatic N) is 5. The minimum absolute atomic E-state index is 0.125. The quantitative estimate of drug-likeness (QED) is 0.177. The lowest BCUT2D eigenvalue weighted by atomic mass is 10.1. The van der Waals surface area contributed by atoms with E-state index in [0.29, 0.717) is 12.1 Å². The van der Waals surface area contributed by atoms with Gasteiger partial charge in [0.05, 0.1) is 17.7 Å². The molecule has 1 aromatic carbocycles. The minimum atomic E-state index is -4.51. The molecule has 0 aliphatic carbocycles. The van der Waals surface area contributed by atoms with Crippen molar-refractivity contribution in [2.75, 3.05) is 4.31 Å². The van der Waals surface area contributed by atoms with Crippen LogP contribution in [0.5, 0.6) is 0 Å². The van der Waals surface area contributed by atoms with Gasteiger partial charge in [-0.1, -0.05) is 40.3 Å². The Kier molecular flexibility index (Phi) is 8.72. The van der Waals surface area contributed by atoms with Crippen molar-refractivity contribution in [2.24, 2.45) is 7.05 Å². The molecule has 1 unspecified atom stereocenters. The highest BCUT2D eigenvalue weighted by atomic mass is 35.5. The van der Waals surface area contributed by atoms with Crippen LogP contribution in [0.3, 0.4) is 0 Å². The lowest BCUT2D eigenvalue weighted by Gasteiger charge is -2.22. The summed E-state index contributed by atoms with van der Waals surface area (Å²) in [6, 6.07) is 3.05. The summed E-state index contributed by atoms with van der Waals surface area (Å²) in [4.78, 5) is 3.59. The van der Waals surface area contributed by atoms with Crippen molar-refractivity contribution in [3.05, 3.63) is 57.9 Å². The molecule has 0 aliphatic rings. The first kappa shape index (κ1) is 26.6. The molecule has 2 heterocycles. The van der Waals surface area contributed by atoms with Crippen molar-refractivity contribution in [1.82, 2.24) is 19.3 Å². The number of unbranched alkanes of at least 4 members (excludes halogenated alkanes) is 3. The number of benzene rings is 1. The normalized spacial score (nSPS) is 13.4. The number of halogens is 4. The third kappa shape index (κ3) is 5.79. The second-order valence-electron chi connectivity index (χ2n) is 8.10. The van der Waals surface area contributed by atoms with Crippen molar-refractivity contribution in [3.8, 4) is 0 Å². The summed E-state index contributed by atoms with van der Waals surface area (Å²) in [6.45, 7) is 0.665. The van der Waals surface area contributed by atoms with Crippen molar-refractivity contribution in [2.45, 2.75) is 63.9 Å². The summed E-state index contributed by atoms with van der Waals surface area (Å²) in [7, 11) is -2.94. The Morgan fingerprint density at radius 2 is 1.79 bits per heavy atom. The molecule has 186 valence electrons. The van der Waals surface area contributed by atoms with Gasteiger partial charge in [-0.25, -0.2) is 4.98 Å². The van der Waals surface area contributed by atoms with Gasteiger partial charge in [-0.3, -0.25) is 4.68 Å². The Hall–Kier alpha value is -2.01. The fourth-order valence-corrected chi connectivity index (χ4v) is 6.60. The molecule has 0 aliphatic heterocycles. The van der Waals surface area contributed by atoms with E-state index in [1.165, 1.54) is 23.7 Å². The van der Waals surface area contributed by atoms with Crippen LogP contribution in [0.15, 0.2) is 35.7 Å². The van der Waals surface area contributed by atoms with Crippen molar-refractivity contribution in [3.63, 3.8) is 0 Å². The fourth-order valence-electron chi connectivity index (χ4n) is 3.92. The van der Waals surface area contributed by atoms with Crippen LogP contribution in [-0.2, 0) is 34.6 Å². The third-order valence-electron chi connectivity index (χ3n) is 5.65. The SMILES string of the molecule is Cc1nn(C)c(C)c1N(C(F)F)[S+](=O)(O)c1c(Cl)cc(CCCCCCn2ccnc2)cc1Cl. The van der Waals surface area contributed by atoms with Crippen molar-refractivity contribution >= 4 is 39.3 Å². The molecule has 2 aromatic heterocycles. The Labute approximate surface area is 209 Å². The summed E-state index contributed by atoms with van der Waals surface area (Å²) in [5, 5.41) is 3.83. The lowest BCUT2D eigenvalue weighted by molar-refractivity contribution is 0.159. The van der Waals surface area contributed by atoms with Crippen molar-refractivity contribution in [1.29, 1.82) is 0 Å². The molecule has 1 N–H and O–H groups in total. The highest BCUT2D eigenvalue weighted by Crippen LogP contribution is 2.41. The molecular formula is C22H28Cl2F2N5O2S+. The van der Waals surface area contributed by atoms with E-state index in [2.05, 4.69) is 10.1 Å². The minimum Gasteiger partial charge on any atom is -0.337 e. The molecule has 0 fully saturated rings. The van der Waals surface area contributed by atoms with Gasteiger partial charge >= 0.3 is 16.9 Å². The summed E-state index contributed by atoms with van der Waals surface area (Å²) in [5.41, 5.74) is 1.16. The van der Waals surface area contributed by atoms with Crippen LogP contribution in [-0.4, -0.2) is 30.4 Å². The second kappa shape index (κ2) is 11.2. The molecule has 0 saturated heterocycles. The molecule has 0 amide bonds. The van der Waals surface area contributed by atoms with E-state index >= 15 is 0 Å². The number of imidazole rings is 1. The molecule has 0 saturated carbocycles. The summed E-state index contributed by atoms with van der Waals surface area (Å²) >= 11 is 12.7. The summed E-state index contributed by atoms with van der Waals surface area (Å²) in [5.74, 6) is 0. The van der Waals surface area contributed by atoms with E-state index in [-0.39, 0.29) is 25.7 Å². The predicted molar refractivity (Wildman–Crippen MR) is 131 cm³/mol. The molecule has 3 rings (SSSR count). The number of aryl methyl sites for hydroxylation is 4. The zero-order chi connectivity index (χ0) is 25.0. The van der Waals surface area contributed by atoms with E-state index < -0.39 is 21.8 Å². The van der Waals surface area contributed by atoms with Crippen LogP contribution in [0.1, 0.15) is 42.6 Å². The highest BCUT2D eigenvalue weighted by molar-refractivity contribution is 7.99. The van der Waals surface area contributed by atoms with E-state index in [9.17, 15) is 17.5 Å². The maximum atomic E-state index is 14.1. The number of rotatable bonds is 11. The van der Waals surface area contributed by atoms with Gasteiger partial charge in [0.2, 0.25) is 0 Å². The Balaban J connectivity index is 1.74.